The molecule has 0 saturated heterocycles. The zero-order valence-electron chi connectivity index (χ0n) is 13.6. The third kappa shape index (κ3) is 4.41. The predicted octanol–water partition coefficient (Wildman–Crippen LogP) is 3.55. The Kier molecular flexibility index (Phi) is 6.06. The van der Waals surface area contributed by atoms with Crippen LogP contribution in [0.1, 0.15) is 22.3 Å². The molecule has 0 aliphatic rings. The molecule has 6 nitrogen and oxygen atoms in total. The first-order valence-electron chi connectivity index (χ1n) is 7.34. The normalized spacial score (nSPS) is 11.0. The van der Waals surface area contributed by atoms with Crippen LogP contribution in [0.4, 0.5) is 5.69 Å². The molecule has 2 aromatic rings. The number of aliphatic hydroxyl groups excluding tert-OH is 1. The van der Waals surface area contributed by atoms with Crippen LogP contribution in [0.5, 0.6) is 5.75 Å². The molecule has 0 aromatic heterocycles. The van der Waals surface area contributed by atoms with Crippen LogP contribution >= 0.6 is 0 Å². The van der Waals surface area contributed by atoms with Gasteiger partial charge in [-0.2, -0.15) is 0 Å². The molecule has 0 aliphatic heterocycles. The standard InChI is InChI=1S/C18H19NO5/c1-13-9-15(11-20)10-18(24-12-23-2)17(13)8-5-14-3-6-16(7-4-14)19(21)22/h3-10,20H,11-12H2,1-2H3/b8-5+. The molecular weight excluding hydrogens is 310 g/mol. The minimum atomic E-state index is -0.429. The Labute approximate surface area is 140 Å². The van der Waals surface area contributed by atoms with E-state index in [4.69, 9.17) is 9.47 Å². The van der Waals surface area contributed by atoms with E-state index < -0.39 is 4.92 Å². The van der Waals surface area contributed by atoms with Crippen molar-refractivity contribution in [3.8, 4) is 5.75 Å². The van der Waals surface area contributed by atoms with E-state index in [0.717, 1.165) is 22.3 Å². The molecule has 24 heavy (non-hydrogen) atoms. The molecule has 2 rings (SSSR count). The van der Waals surface area contributed by atoms with Gasteiger partial charge < -0.3 is 14.6 Å². The summed E-state index contributed by atoms with van der Waals surface area (Å²) >= 11 is 0. The van der Waals surface area contributed by atoms with Crippen LogP contribution in [0.15, 0.2) is 36.4 Å². The third-order valence-electron chi connectivity index (χ3n) is 3.47. The van der Waals surface area contributed by atoms with Crippen LogP contribution < -0.4 is 4.74 Å². The van der Waals surface area contributed by atoms with Crippen molar-refractivity contribution in [1.82, 2.24) is 0 Å². The fourth-order valence-corrected chi connectivity index (χ4v) is 2.27. The number of ether oxygens (including phenoxy) is 2. The first-order valence-corrected chi connectivity index (χ1v) is 7.34. The van der Waals surface area contributed by atoms with E-state index in [2.05, 4.69) is 0 Å². The number of methoxy groups -OCH3 is 1. The van der Waals surface area contributed by atoms with Gasteiger partial charge in [0, 0.05) is 24.8 Å². The summed E-state index contributed by atoms with van der Waals surface area (Å²) in [6.45, 7) is 1.96. The number of hydrogen-bond acceptors (Lipinski definition) is 5. The highest BCUT2D eigenvalue weighted by molar-refractivity contribution is 5.75. The summed E-state index contributed by atoms with van der Waals surface area (Å²) < 4.78 is 10.5. The Balaban J connectivity index is 2.31. The van der Waals surface area contributed by atoms with Crippen molar-refractivity contribution in [2.24, 2.45) is 0 Å². The molecule has 0 unspecified atom stereocenters. The van der Waals surface area contributed by atoms with Crippen molar-refractivity contribution in [3.63, 3.8) is 0 Å². The lowest BCUT2D eigenvalue weighted by Gasteiger charge is -2.12. The number of hydrogen-bond donors (Lipinski definition) is 1. The lowest BCUT2D eigenvalue weighted by atomic mass is 10.0. The number of rotatable bonds is 7. The van der Waals surface area contributed by atoms with Gasteiger partial charge in [-0.3, -0.25) is 10.1 Å². The summed E-state index contributed by atoms with van der Waals surface area (Å²) in [5, 5.41) is 20.0. The van der Waals surface area contributed by atoms with E-state index in [1.54, 1.807) is 18.2 Å². The van der Waals surface area contributed by atoms with Gasteiger partial charge in [0.2, 0.25) is 0 Å². The molecule has 0 fully saturated rings. The van der Waals surface area contributed by atoms with Gasteiger partial charge in [0.15, 0.2) is 6.79 Å². The van der Waals surface area contributed by atoms with Gasteiger partial charge in [-0.25, -0.2) is 0 Å². The van der Waals surface area contributed by atoms with Crippen molar-refractivity contribution in [2.45, 2.75) is 13.5 Å². The maximum Gasteiger partial charge on any atom is 0.269 e. The lowest BCUT2D eigenvalue weighted by molar-refractivity contribution is -0.384. The smallest absolute Gasteiger partial charge is 0.269 e. The topological polar surface area (TPSA) is 81.8 Å². The molecule has 0 atom stereocenters. The Morgan fingerprint density at radius 1 is 1.21 bits per heavy atom. The minimum Gasteiger partial charge on any atom is -0.467 e. The van der Waals surface area contributed by atoms with Crippen molar-refractivity contribution in [1.29, 1.82) is 0 Å². The van der Waals surface area contributed by atoms with E-state index in [0.29, 0.717) is 5.75 Å². The minimum absolute atomic E-state index is 0.0553. The molecule has 0 spiro atoms. The first-order chi connectivity index (χ1) is 11.5. The summed E-state index contributed by atoms with van der Waals surface area (Å²) in [4.78, 5) is 10.3. The Morgan fingerprint density at radius 3 is 2.50 bits per heavy atom. The maximum absolute atomic E-state index is 10.7. The monoisotopic (exact) mass is 329 g/mol. The lowest BCUT2D eigenvalue weighted by Crippen LogP contribution is -2.02. The molecule has 2 aromatic carbocycles. The SMILES string of the molecule is COCOc1cc(CO)cc(C)c1/C=C/c1ccc([N+](=O)[O-])cc1. The second kappa shape index (κ2) is 8.24. The summed E-state index contributed by atoms with van der Waals surface area (Å²) in [5.41, 5.74) is 3.46. The average Bonchev–Trinajstić information content (AvgIpc) is 2.58. The van der Waals surface area contributed by atoms with E-state index in [9.17, 15) is 15.2 Å². The first kappa shape index (κ1) is 17.7. The summed E-state index contributed by atoms with van der Waals surface area (Å²) in [6.07, 6.45) is 3.73. The number of aryl methyl sites for hydroxylation is 1. The highest BCUT2D eigenvalue weighted by Gasteiger charge is 2.08. The second-order valence-corrected chi connectivity index (χ2v) is 5.22. The van der Waals surface area contributed by atoms with Gasteiger partial charge in [-0.15, -0.1) is 0 Å². The largest absolute Gasteiger partial charge is 0.467 e. The molecule has 0 aliphatic carbocycles. The zero-order valence-corrected chi connectivity index (χ0v) is 13.6. The molecule has 6 heteroatoms. The van der Waals surface area contributed by atoms with Crippen LogP contribution in [-0.4, -0.2) is 23.9 Å². The van der Waals surface area contributed by atoms with Crippen molar-refractivity contribution < 1.29 is 19.5 Å². The van der Waals surface area contributed by atoms with Gasteiger partial charge in [-0.1, -0.05) is 18.2 Å². The molecule has 0 amide bonds. The van der Waals surface area contributed by atoms with Crippen molar-refractivity contribution in [2.75, 3.05) is 13.9 Å². The Bertz CT molecular complexity index is 738. The van der Waals surface area contributed by atoms with Crippen LogP contribution in [0.2, 0.25) is 0 Å². The Morgan fingerprint density at radius 2 is 1.92 bits per heavy atom. The number of benzene rings is 2. The van der Waals surface area contributed by atoms with Gasteiger partial charge in [0.1, 0.15) is 5.75 Å². The van der Waals surface area contributed by atoms with Crippen molar-refractivity contribution in [3.05, 3.63) is 68.8 Å². The highest BCUT2D eigenvalue weighted by Crippen LogP contribution is 2.27. The fourth-order valence-electron chi connectivity index (χ4n) is 2.27. The Hall–Kier alpha value is -2.70. The molecule has 0 bridgehead atoms. The summed E-state index contributed by atoms with van der Waals surface area (Å²) in [5.74, 6) is 0.610. The maximum atomic E-state index is 10.7. The molecule has 126 valence electrons. The van der Waals surface area contributed by atoms with Crippen LogP contribution in [0, 0.1) is 17.0 Å². The summed E-state index contributed by atoms with van der Waals surface area (Å²) in [7, 11) is 1.54. The van der Waals surface area contributed by atoms with E-state index >= 15 is 0 Å². The van der Waals surface area contributed by atoms with Gasteiger partial charge in [0.05, 0.1) is 11.5 Å². The number of aliphatic hydroxyl groups is 1. The fraction of sp³-hybridized carbons (Fsp3) is 0.222. The molecular formula is C18H19NO5. The van der Waals surface area contributed by atoms with E-state index in [1.165, 1.54) is 19.2 Å². The van der Waals surface area contributed by atoms with Crippen LogP contribution in [-0.2, 0) is 11.3 Å². The van der Waals surface area contributed by atoms with Crippen LogP contribution in [0.3, 0.4) is 0 Å². The molecule has 1 N–H and O–H groups in total. The van der Waals surface area contributed by atoms with Gasteiger partial charge >= 0.3 is 0 Å². The molecule has 0 heterocycles. The summed E-state index contributed by atoms with van der Waals surface area (Å²) in [6, 6.07) is 9.94. The second-order valence-electron chi connectivity index (χ2n) is 5.22. The predicted molar refractivity (Wildman–Crippen MR) is 91.6 cm³/mol. The number of nitro benzene ring substituents is 1. The van der Waals surface area contributed by atoms with E-state index in [-0.39, 0.29) is 19.1 Å². The van der Waals surface area contributed by atoms with Gasteiger partial charge in [0.25, 0.3) is 5.69 Å². The van der Waals surface area contributed by atoms with E-state index in [1.807, 2.05) is 25.1 Å². The number of nitro groups is 1. The number of non-ortho nitro benzene ring substituents is 1. The number of nitrogens with zero attached hydrogens (tertiary/aromatic N) is 1. The van der Waals surface area contributed by atoms with Crippen LogP contribution in [0.25, 0.3) is 12.2 Å². The quantitative estimate of drug-likeness (QED) is 0.363. The highest BCUT2D eigenvalue weighted by atomic mass is 16.7. The average molecular weight is 329 g/mol. The van der Waals surface area contributed by atoms with Crippen molar-refractivity contribution >= 4 is 17.8 Å². The zero-order chi connectivity index (χ0) is 17.5. The third-order valence-corrected chi connectivity index (χ3v) is 3.47. The van der Waals surface area contributed by atoms with Gasteiger partial charge in [-0.05, 0) is 41.8 Å². The molecule has 0 saturated carbocycles. The molecule has 0 radical (unpaired) electrons.